The number of aryl methyl sites for hydroxylation is 1. The number of carbonyl (C=O) groups excluding carboxylic acids is 2. The highest BCUT2D eigenvalue weighted by Gasteiger charge is 2.17. The molecule has 0 bridgehead atoms. The van der Waals surface area contributed by atoms with Gasteiger partial charge in [-0.05, 0) is 19.9 Å². The van der Waals surface area contributed by atoms with Crippen LogP contribution in [0.15, 0.2) is 15.1 Å². The molecule has 0 unspecified atom stereocenters. The number of anilines is 1. The van der Waals surface area contributed by atoms with Crippen LogP contribution in [0.5, 0.6) is 0 Å². The lowest BCUT2D eigenvalue weighted by Crippen LogP contribution is -2.38. The van der Waals surface area contributed by atoms with E-state index in [2.05, 4.69) is 30.8 Å². The van der Waals surface area contributed by atoms with Gasteiger partial charge in [-0.1, -0.05) is 10.3 Å². The van der Waals surface area contributed by atoms with Crippen molar-refractivity contribution in [3.63, 3.8) is 0 Å². The number of ether oxygens (including phenoxy) is 1. The Morgan fingerprint density at radius 2 is 2.04 bits per heavy atom. The quantitative estimate of drug-likeness (QED) is 0.608. The minimum Gasteiger partial charge on any atom is -0.379 e. The normalized spacial score (nSPS) is 14.9. The molecule has 2 N–H and O–H groups in total. The zero-order valence-electron chi connectivity index (χ0n) is 15.1. The fourth-order valence-corrected chi connectivity index (χ4v) is 2.58. The fourth-order valence-electron chi connectivity index (χ4n) is 2.58. The summed E-state index contributed by atoms with van der Waals surface area (Å²) in [7, 11) is 0. The van der Waals surface area contributed by atoms with Gasteiger partial charge in [0.15, 0.2) is 11.6 Å². The lowest BCUT2D eigenvalue weighted by molar-refractivity contribution is -0.115. The van der Waals surface area contributed by atoms with E-state index < -0.39 is 5.91 Å². The molecule has 0 saturated carbocycles. The maximum Gasteiger partial charge on any atom is 0.315 e. The van der Waals surface area contributed by atoms with Crippen molar-refractivity contribution in [1.29, 1.82) is 0 Å². The average Bonchev–Trinajstić information content (AvgIpc) is 3.28. The van der Waals surface area contributed by atoms with Gasteiger partial charge in [0, 0.05) is 25.7 Å². The molecule has 11 nitrogen and oxygen atoms in total. The molecule has 3 rings (SSSR count). The zero-order chi connectivity index (χ0) is 19.1. The van der Waals surface area contributed by atoms with Gasteiger partial charge in [0.2, 0.25) is 5.91 Å². The van der Waals surface area contributed by atoms with E-state index in [0.717, 1.165) is 39.3 Å². The molecule has 0 aliphatic carbocycles. The zero-order valence-corrected chi connectivity index (χ0v) is 15.1. The third-order valence-electron chi connectivity index (χ3n) is 3.92. The van der Waals surface area contributed by atoms with Gasteiger partial charge in [-0.2, -0.15) is 4.98 Å². The molecular formula is C16H22N6O5. The number of aromatic nitrogens is 3. The molecule has 0 atom stereocenters. The predicted molar refractivity (Wildman–Crippen MR) is 92.1 cm³/mol. The highest BCUT2D eigenvalue weighted by atomic mass is 16.5. The fraction of sp³-hybridized carbons (Fsp3) is 0.562. The van der Waals surface area contributed by atoms with Crippen molar-refractivity contribution in [3.05, 3.63) is 23.5 Å². The van der Waals surface area contributed by atoms with Crippen molar-refractivity contribution in [2.75, 3.05) is 44.7 Å². The number of hydrogen-bond donors (Lipinski definition) is 2. The van der Waals surface area contributed by atoms with Crippen LogP contribution >= 0.6 is 0 Å². The Labute approximate surface area is 155 Å². The first kappa shape index (κ1) is 19.0. The van der Waals surface area contributed by atoms with Crippen LogP contribution < -0.4 is 10.6 Å². The number of rotatable bonds is 8. The highest BCUT2D eigenvalue weighted by molar-refractivity contribution is 5.91. The van der Waals surface area contributed by atoms with Crippen LogP contribution in [0.4, 0.5) is 5.82 Å². The van der Waals surface area contributed by atoms with Crippen LogP contribution in [-0.2, 0) is 16.0 Å². The van der Waals surface area contributed by atoms with Crippen molar-refractivity contribution in [1.82, 2.24) is 25.5 Å². The summed E-state index contributed by atoms with van der Waals surface area (Å²) in [6, 6.07) is 1.59. The van der Waals surface area contributed by atoms with E-state index in [9.17, 15) is 9.59 Å². The molecule has 0 aromatic carbocycles. The van der Waals surface area contributed by atoms with Gasteiger partial charge in [-0.25, -0.2) is 0 Å². The van der Waals surface area contributed by atoms with E-state index in [1.165, 1.54) is 0 Å². The summed E-state index contributed by atoms with van der Waals surface area (Å²) in [6.45, 7) is 6.43. The number of carbonyl (C=O) groups is 2. The minimum absolute atomic E-state index is 0.117. The van der Waals surface area contributed by atoms with Gasteiger partial charge < -0.3 is 24.4 Å². The summed E-state index contributed by atoms with van der Waals surface area (Å²) >= 11 is 0. The molecule has 1 aliphatic rings. The molecule has 1 aliphatic heterocycles. The van der Waals surface area contributed by atoms with E-state index in [4.69, 9.17) is 13.8 Å². The topological polar surface area (TPSA) is 136 Å². The number of amides is 2. The van der Waals surface area contributed by atoms with Crippen molar-refractivity contribution in [2.45, 2.75) is 19.8 Å². The molecule has 11 heteroatoms. The monoisotopic (exact) mass is 378 g/mol. The lowest BCUT2D eigenvalue weighted by atomic mass is 10.3. The molecule has 2 aromatic heterocycles. The van der Waals surface area contributed by atoms with Crippen molar-refractivity contribution < 1.29 is 23.4 Å². The van der Waals surface area contributed by atoms with Crippen LogP contribution in [0.25, 0.3) is 0 Å². The third-order valence-corrected chi connectivity index (χ3v) is 3.92. The molecule has 2 aromatic rings. The van der Waals surface area contributed by atoms with E-state index in [1.807, 2.05) is 0 Å². The largest absolute Gasteiger partial charge is 0.379 e. The van der Waals surface area contributed by atoms with Gasteiger partial charge >= 0.3 is 11.8 Å². The minimum atomic E-state index is -0.455. The second-order valence-corrected chi connectivity index (χ2v) is 6.13. The Morgan fingerprint density at radius 3 is 2.78 bits per heavy atom. The predicted octanol–water partition coefficient (Wildman–Crippen LogP) is -0.000680. The Kier molecular flexibility index (Phi) is 6.49. The molecule has 2 amide bonds. The smallest absolute Gasteiger partial charge is 0.315 e. The maximum atomic E-state index is 12.0. The molecule has 27 heavy (non-hydrogen) atoms. The van der Waals surface area contributed by atoms with Crippen LogP contribution in [0.1, 0.15) is 28.7 Å². The summed E-state index contributed by atoms with van der Waals surface area (Å²) in [5, 5.41) is 12.6. The van der Waals surface area contributed by atoms with E-state index >= 15 is 0 Å². The SMILES string of the molecule is Cc1cc(NC(=O)Cc2noc(C(=O)NCCCN3CCOCC3)n2)no1. The van der Waals surface area contributed by atoms with Crippen LogP contribution in [0, 0.1) is 6.92 Å². The summed E-state index contributed by atoms with van der Waals surface area (Å²) in [5.41, 5.74) is 0. The van der Waals surface area contributed by atoms with E-state index in [0.29, 0.717) is 18.1 Å². The van der Waals surface area contributed by atoms with Crippen LogP contribution in [0.3, 0.4) is 0 Å². The van der Waals surface area contributed by atoms with Crippen LogP contribution in [0.2, 0.25) is 0 Å². The first-order valence-electron chi connectivity index (χ1n) is 8.74. The van der Waals surface area contributed by atoms with Crippen molar-refractivity contribution in [2.24, 2.45) is 0 Å². The molecule has 1 saturated heterocycles. The summed E-state index contributed by atoms with van der Waals surface area (Å²) in [5.74, 6) is -0.00543. The summed E-state index contributed by atoms with van der Waals surface area (Å²) in [6.07, 6.45) is 0.673. The van der Waals surface area contributed by atoms with Gasteiger partial charge in [0.05, 0.1) is 19.6 Å². The Balaban J connectivity index is 1.38. The first-order chi connectivity index (χ1) is 13.1. The van der Waals surface area contributed by atoms with Gasteiger partial charge in [-0.15, -0.1) is 0 Å². The summed E-state index contributed by atoms with van der Waals surface area (Å²) in [4.78, 5) is 30.2. The number of hydrogen-bond acceptors (Lipinski definition) is 9. The maximum absolute atomic E-state index is 12.0. The average molecular weight is 378 g/mol. The van der Waals surface area contributed by atoms with E-state index in [1.54, 1.807) is 13.0 Å². The second kappa shape index (κ2) is 9.24. The third kappa shape index (κ3) is 5.86. The molecule has 0 radical (unpaired) electrons. The van der Waals surface area contributed by atoms with Crippen molar-refractivity contribution in [3.8, 4) is 0 Å². The van der Waals surface area contributed by atoms with Gasteiger partial charge in [0.25, 0.3) is 0 Å². The molecule has 146 valence electrons. The van der Waals surface area contributed by atoms with E-state index in [-0.39, 0.29) is 24.0 Å². The standard InChI is InChI=1S/C16H22N6O5/c1-11-9-12(20-26-11)18-14(23)10-13-19-16(27-21-13)15(24)17-3-2-4-22-5-7-25-8-6-22/h9H,2-8,10H2,1H3,(H,17,24)(H,18,20,23). The highest BCUT2D eigenvalue weighted by Crippen LogP contribution is 2.08. The number of morpholine rings is 1. The summed E-state index contributed by atoms with van der Waals surface area (Å²) < 4.78 is 15.1. The molecule has 1 fully saturated rings. The Hall–Kier alpha value is -2.79. The number of nitrogens with zero attached hydrogens (tertiary/aromatic N) is 4. The molecular weight excluding hydrogens is 356 g/mol. The molecule has 0 spiro atoms. The number of nitrogens with one attached hydrogen (secondary N) is 2. The van der Waals surface area contributed by atoms with Crippen molar-refractivity contribution >= 4 is 17.6 Å². The van der Waals surface area contributed by atoms with Gasteiger partial charge in [-0.3, -0.25) is 14.5 Å². The molecule has 3 heterocycles. The lowest BCUT2D eigenvalue weighted by Gasteiger charge is -2.26. The van der Waals surface area contributed by atoms with Gasteiger partial charge in [0.1, 0.15) is 5.76 Å². The van der Waals surface area contributed by atoms with Crippen LogP contribution in [-0.4, -0.2) is 71.4 Å². The Bertz CT molecular complexity index is 767. The Morgan fingerprint density at radius 1 is 1.22 bits per heavy atom. The first-order valence-corrected chi connectivity index (χ1v) is 8.74. The second-order valence-electron chi connectivity index (χ2n) is 6.13.